The molecule has 2 atom stereocenters. The maximum Gasteiger partial charge on any atom is 0.462 e. The summed E-state index contributed by atoms with van der Waals surface area (Å²) in [5, 5.41) is 0. The van der Waals surface area contributed by atoms with Crippen LogP contribution in [0.3, 0.4) is 0 Å². The number of ketones is 1. The number of rotatable bonds is 8. The highest BCUT2D eigenvalue weighted by molar-refractivity contribution is 5.83. The number of alkyl halides is 16. The summed E-state index contributed by atoms with van der Waals surface area (Å²) in [5.41, 5.74) is 0. The first-order chi connectivity index (χ1) is 12.3. The first-order valence-electron chi connectivity index (χ1n) is 6.14. The molecule has 0 bridgehead atoms. The Morgan fingerprint density at radius 3 is 1.34 bits per heavy atom. The molecule has 0 N–H and O–H groups in total. The lowest BCUT2D eigenvalue weighted by molar-refractivity contribution is -0.540. The Morgan fingerprint density at radius 1 is 0.690 bits per heavy atom. The molecule has 3 nitrogen and oxygen atoms in total. The Kier molecular flexibility index (Phi) is 6.92. The third-order valence-electron chi connectivity index (χ3n) is 2.74. The zero-order valence-corrected chi connectivity index (χ0v) is 12.8. The molecule has 0 fully saturated rings. The van der Waals surface area contributed by atoms with Gasteiger partial charge in [-0.05, 0) is 0 Å². The van der Waals surface area contributed by atoms with Crippen LogP contribution in [0.25, 0.3) is 0 Å². The number of carbonyl (C=O) groups is 1. The second-order valence-electron chi connectivity index (χ2n) is 4.91. The molecule has 0 aliphatic rings. The van der Waals surface area contributed by atoms with E-state index in [1.807, 2.05) is 4.74 Å². The summed E-state index contributed by atoms with van der Waals surface area (Å²) in [7, 11) is 0. The van der Waals surface area contributed by atoms with E-state index >= 15 is 0 Å². The average molecular weight is 476 g/mol. The Hall–Kier alpha value is -1.53. The van der Waals surface area contributed by atoms with Crippen molar-refractivity contribution in [2.24, 2.45) is 0 Å². The lowest BCUT2D eigenvalue weighted by Crippen LogP contribution is -2.66. The van der Waals surface area contributed by atoms with E-state index in [1.165, 1.54) is 4.74 Å². The van der Waals surface area contributed by atoms with E-state index in [0.717, 1.165) is 0 Å². The van der Waals surface area contributed by atoms with Crippen molar-refractivity contribution in [2.75, 3.05) is 0 Å². The number of hydrogen-bond acceptors (Lipinski definition) is 3. The fourth-order valence-corrected chi connectivity index (χ4v) is 1.13. The van der Waals surface area contributed by atoms with E-state index in [2.05, 4.69) is 0 Å². The maximum absolute atomic E-state index is 13.5. The highest BCUT2D eigenvalue weighted by atomic mass is 19.4. The smallest absolute Gasteiger partial charge is 0.293 e. The van der Waals surface area contributed by atoms with Crippen LogP contribution in [0, 0.1) is 0 Å². The van der Waals surface area contributed by atoms with Gasteiger partial charge in [-0.1, -0.05) is 0 Å². The molecule has 0 aliphatic carbocycles. The fourth-order valence-electron chi connectivity index (χ4n) is 1.13. The minimum atomic E-state index is -7.75. The van der Waals surface area contributed by atoms with Gasteiger partial charge in [0.15, 0.2) is 0 Å². The van der Waals surface area contributed by atoms with Crippen molar-refractivity contribution < 1.29 is 84.5 Å². The number of Topliss-reactive ketones (excluding diaryl/α,β-unsaturated/α-hetero) is 1. The fraction of sp³-hybridized carbons (Fsp3) is 0.900. The van der Waals surface area contributed by atoms with Crippen molar-refractivity contribution in [1.29, 1.82) is 0 Å². The van der Waals surface area contributed by atoms with Crippen LogP contribution in [0.4, 0.5) is 70.2 Å². The molecule has 0 spiro atoms. The molecule has 0 aromatic heterocycles. The topological polar surface area (TPSA) is 35.5 Å². The van der Waals surface area contributed by atoms with E-state index < -0.39 is 54.4 Å². The first-order valence-corrected chi connectivity index (χ1v) is 6.14. The quantitative estimate of drug-likeness (QED) is 0.455. The highest BCUT2D eigenvalue weighted by Crippen LogP contribution is 2.55. The zero-order chi connectivity index (χ0) is 24.1. The minimum Gasteiger partial charge on any atom is -0.293 e. The second-order valence-corrected chi connectivity index (χ2v) is 4.91. The number of halogens is 16. The molecular weight excluding hydrogens is 472 g/mol. The lowest BCUT2D eigenvalue weighted by Gasteiger charge is -2.38. The standard InChI is InChI=1S/C10H4F16O3/c1-2(27)4(12,13)3(11)28-10(25,26)6(16,8(20,21)22)29-9(23,24)5(14,15)7(17,18)19/h3H,1H3. The van der Waals surface area contributed by atoms with Gasteiger partial charge >= 0.3 is 42.3 Å². The zero-order valence-electron chi connectivity index (χ0n) is 12.8. The summed E-state index contributed by atoms with van der Waals surface area (Å²) >= 11 is 0. The van der Waals surface area contributed by atoms with Gasteiger partial charge in [0.2, 0.25) is 5.78 Å². The average Bonchev–Trinajstić information content (AvgIpc) is 2.42. The molecule has 29 heavy (non-hydrogen) atoms. The molecule has 0 saturated carbocycles. The molecule has 2 unspecified atom stereocenters. The predicted molar refractivity (Wildman–Crippen MR) is 53.5 cm³/mol. The molecule has 0 aromatic rings. The molecule has 174 valence electrons. The summed E-state index contributed by atoms with van der Waals surface area (Å²) in [4.78, 5) is 10.3. The van der Waals surface area contributed by atoms with Crippen molar-refractivity contribution >= 4 is 5.78 Å². The Labute approximate surface area is 147 Å². The summed E-state index contributed by atoms with van der Waals surface area (Å²) in [5.74, 6) is -24.0. The maximum atomic E-state index is 13.5. The van der Waals surface area contributed by atoms with Crippen molar-refractivity contribution in [1.82, 2.24) is 0 Å². The largest absolute Gasteiger partial charge is 0.462 e. The summed E-state index contributed by atoms with van der Waals surface area (Å²) < 4.78 is 205. The van der Waals surface area contributed by atoms with Crippen molar-refractivity contribution in [3.05, 3.63) is 0 Å². The van der Waals surface area contributed by atoms with Gasteiger partial charge in [0, 0.05) is 6.92 Å². The molecule has 0 radical (unpaired) electrons. The molecule has 0 aromatic carbocycles. The molecule has 0 amide bonds. The Morgan fingerprint density at radius 2 is 1.07 bits per heavy atom. The van der Waals surface area contributed by atoms with Gasteiger partial charge < -0.3 is 0 Å². The Bertz CT molecular complexity index is 607. The molecule has 0 saturated heterocycles. The van der Waals surface area contributed by atoms with Crippen LogP contribution < -0.4 is 0 Å². The first kappa shape index (κ1) is 27.5. The molecular formula is C10H4F16O3. The molecule has 0 heterocycles. The second kappa shape index (κ2) is 7.31. The van der Waals surface area contributed by atoms with Crippen molar-refractivity contribution in [3.8, 4) is 0 Å². The monoisotopic (exact) mass is 476 g/mol. The van der Waals surface area contributed by atoms with Gasteiger partial charge in [-0.2, -0.15) is 65.9 Å². The SMILES string of the molecule is CC(=O)C(F)(F)C(F)OC(F)(F)C(F)(OC(F)(F)C(F)(F)C(F)(F)F)C(F)(F)F. The van der Waals surface area contributed by atoms with Gasteiger partial charge in [0.25, 0.3) is 6.36 Å². The lowest BCUT2D eigenvalue weighted by atomic mass is 10.2. The molecule has 0 aliphatic heterocycles. The molecule has 19 heteroatoms. The van der Waals surface area contributed by atoms with Gasteiger partial charge in [-0.25, -0.2) is 4.39 Å². The summed E-state index contributed by atoms with van der Waals surface area (Å²) in [6.45, 7) is -0.255. The van der Waals surface area contributed by atoms with Crippen molar-refractivity contribution in [2.45, 2.75) is 55.6 Å². The van der Waals surface area contributed by atoms with Crippen LogP contribution >= 0.6 is 0 Å². The van der Waals surface area contributed by atoms with Crippen LogP contribution in [0.1, 0.15) is 6.92 Å². The van der Waals surface area contributed by atoms with Crippen LogP contribution in [0.2, 0.25) is 0 Å². The van der Waals surface area contributed by atoms with Gasteiger partial charge in [0.05, 0.1) is 0 Å². The van der Waals surface area contributed by atoms with E-state index in [4.69, 9.17) is 0 Å². The Balaban J connectivity index is 6.30. The van der Waals surface area contributed by atoms with Crippen molar-refractivity contribution in [3.63, 3.8) is 0 Å². The van der Waals surface area contributed by atoms with E-state index in [9.17, 15) is 75.0 Å². The summed E-state index contributed by atoms with van der Waals surface area (Å²) in [6.07, 6.45) is -35.6. The van der Waals surface area contributed by atoms with E-state index in [1.54, 1.807) is 0 Å². The number of ether oxygens (including phenoxy) is 2. The third kappa shape index (κ3) is 4.80. The normalized spacial score (nSPS) is 18.4. The molecule has 0 rings (SSSR count). The van der Waals surface area contributed by atoms with Crippen LogP contribution in [0.15, 0.2) is 0 Å². The highest BCUT2D eigenvalue weighted by Gasteiger charge is 2.84. The van der Waals surface area contributed by atoms with Gasteiger partial charge in [-0.3, -0.25) is 14.3 Å². The van der Waals surface area contributed by atoms with Crippen LogP contribution in [-0.4, -0.2) is 54.4 Å². The third-order valence-corrected chi connectivity index (χ3v) is 2.74. The van der Waals surface area contributed by atoms with Gasteiger partial charge in [-0.15, -0.1) is 0 Å². The van der Waals surface area contributed by atoms with Crippen LogP contribution in [-0.2, 0) is 14.3 Å². The van der Waals surface area contributed by atoms with Crippen LogP contribution in [0.5, 0.6) is 0 Å². The number of hydrogen-bond donors (Lipinski definition) is 0. The summed E-state index contributed by atoms with van der Waals surface area (Å²) in [6, 6.07) is 0. The van der Waals surface area contributed by atoms with E-state index in [0.29, 0.717) is 0 Å². The van der Waals surface area contributed by atoms with E-state index in [-0.39, 0.29) is 6.92 Å². The van der Waals surface area contributed by atoms with Gasteiger partial charge in [0.1, 0.15) is 0 Å². The predicted octanol–water partition coefficient (Wildman–Crippen LogP) is 5.15. The minimum absolute atomic E-state index is 0.255. The number of carbonyl (C=O) groups excluding carboxylic acids is 1.